The van der Waals surface area contributed by atoms with Crippen LogP contribution in [0.1, 0.15) is 31.4 Å². The maximum atomic E-state index is 14.5. The predicted octanol–water partition coefficient (Wildman–Crippen LogP) is 3.11. The van der Waals surface area contributed by atoms with Gasteiger partial charge in [0, 0.05) is 68.9 Å². The van der Waals surface area contributed by atoms with Crippen molar-refractivity contribution in [1.82, 2.24) is 19.9 Å². The Bertz CT molecular complexity index is 1740. The van der Waals surface area contributed by atoms with E-state index in [0.717, 1.165) is 28.4 Å². The molecule has 1 N–H and O–H groups in total. The summed E-state index contributed by atoms with van der Waals surface area (Å²) < 4.78 is 43.4. The maximum absolute atomic E-state index is 14.5. The molecule has 0 bridgehead atoms. The van der Waals surface area contributed by atoms with Crippen molar-refractivity contribution in [1.29, 1.82) is 0 Å². The molecule has 11 nitrogen and oxygen atoms in total. The average molecular weight is 622 g/mol. The Morgan fingerprint density at radius 1 is 1.09 bits per heavy atom. The van der Waals surface area contributed by atoms with Crippen LogP contribution >= 0.6 is 0 Å². The van der Waals surface area contributed by atoms with E-state index < -0.39 is 22.1 Å². The molecule has 232 valence electrons. The van der Waals surface area contributed by atoms with E-state index >= 15 is 0 Å². The van der Waals surface area contributed by atoms with Gasteiger partial charge >= 0.3 is 0 Å². The lowest BCUT2D eigenvalue weighted by atomic mass is 9.89. The number of carbonyl (C=O) groups excluding carboxylic acids is 1. The minimum Gasteiger partial charge on any atom is -0.378 e. The molecule has 13 heteroatoms. The van der Waals surface area contributed by atoms with Gasteiger partial charge in [0.2, 0.25) is 5.95 Å². The third-order valence-corrected chi connectivity index (χ3v) is 9.66. The Labute approximate surface area is 256 Å². The first-order valence-electron chi connectivity index (χ1n) is 14.7. The van der Waals surface area contributed by atoms with E-state index in [2.05, 4.69) is 38.1 Å². The summed E-state index contributed by atoms with van der Waals surface area (Å²) in [4.78, 5) is 32.1. The third-order valence-electron chi connectivity index (χ3n) is 8.59. The van der Waals surface area contributed by atoms with Crippen LogP contribution in [0, 0.1) is 17.8 Å². The zero-order valence-corrected chi connectivity index (χ0v) is 25.8. The molecule has 5 heterocycles. The number of benzene rings is 1. The van der Waals surface area contributed by atoms with E-state index in [1.165, 1.54) is 13.4 Å². The zero-order valence-electron chi connectivity index (χ0n) is 25.0. The highest BCUT2D eigenvalue weighted by Crippen LogP contribution is 2.42. The van der Waals surface area contributed by atoms with Crippen molar-refractivity contribution < 1.29 is 22.3 Å². The fraction of sp³-hybridized carbons (Fsp3) is 0.484. The Morgan fingerprint density at radius 2 is 1.91 bits per heavy atom. The highest BCUT2D eigenvalue weighted by atomic mass is 32.2. The number of likely N-dealkylation sites (tertiary alicyclic amines) is 1. The number of fused-ring (bicyclic) bond motifs is 1. The zero-order chi connectivity index (χ0) is 31.0. The number of pyridine rings is 1. The fourth-order valence-electron chi connectivity index (χ4n) is 6.35. The lowest BCUT2D eigenvalue weighted by Gasteiger charge is -2.43. The number of halogens is 1. The van der Waals surface area contributed by atoms with E-state index in [1.807, 2.05) is 23.2 Å². The van der Waals surface area contributed by atoms with Crippen LogP contribution in [-0.2, 0) is 19.4 Å². The van der Waals surface area contributed by atoms with Crippen molar-refractivity contribution in [2.24, 2.45) is 5.92 Å². The Balaban J connectivity index is 1.29. The van der Waals surface area contributed by atoms with Crippen LogP contribution in [0.15, 0.2) is 36.7 Å². The van der Waals surface area contributed by atoms with Crippen LogP contribution in [0.5, 0.6) is 0 Å². The van der Waals surface area contributed by atoms with Crippen LogP contribution in [0.3, 0.4) is 0 Å². The van der Waals surface area contributed by atoms with Gasteiger partial charge in [-0.2, -0.15) is 4.98 Å². The number of methoxy groups -OCH3 is 1. The van der Waals surface area contributed by atoms with Gasteiger partial charge in [0.15, 0.2) is 0 Å². The van der Waals surface area contributed by atoms with Gasteiger partial charge in [-0.25, -0.2) is 22.8 Å². The smallest absolute Gasteiger partial charge is 0.298 e. The highest BCUT2D eigenvalue weighted by molar-refractivity contribution is 7.90. The number of hydrogen-bond acceptors (Lipinski definition) is 10. The number of nitrogens with zero attached hydrogens (tertiary/aromatic N) is 6. The second-order valence-corrected chi connectivity index (χ2v) is 13.9. The van der Waals surface area contributed by atoms with Gasteiger partial charge in [-0.1, -0.05) is 12.0 Å². The Hall–Kier alpha value is -4.02. The monoisotopic (exact) mass is 621 g/mol. The van der Waals surface area contributed by atoms with Gasteiger partial charge < -0.3 is 24.8 Å². The number of amides is 1. The fourth-order valence-corrected chi connectivity index (χ4v) is 7.41. The average Bonchev–Trinajstić information content (AvgIpc) is 2.94. The van der Waals surface area contributed by atoms with E-state index in [-0.39, 0.29) is 30.2 Å². The number of rotatable bonds is 8. The number of alkyl halides is 1. The molecule has 1 aromatic carbocycles. The Kier molecular flexibility index (Phi) is 8.30. The lowest BCUT2D eigenvalue weighted by Crippen LogP contribution is -2.49. The molecule has 3 aromatic rings. The van der Waals surface area contributed by atoms with Crippen molar-refractivity contribution in [2.45, 2.75) is 38.1 Å². The van der Waals surface area contributed by atoms with Gasteiger partial charge in [-0.3, -0.25) is 4.79 Å². The molecule has 44 heavy (non-hydrogen) atoms. The number of sulfone groups is 1. The van der Waals surface area contributed by atoms with E-state index in [0.29, 0.717) is 50.2 Å². The van der Waals surface area contributed by atoms with Crippen LogP contribution in [0.4, 0.5) is 27.7 Å². The third kappa shape index (κ3) is 6.14. The highest BCUT2D eigenvalue weighted by Gasteiger charge is 2.36. The molecule has 2 aromatic heterocycles. The quantitative estimate of drug-likeness (QED) is 0.376. The molecule has 3 atom stereocenters. The molecule has 1 amide bonds. The largest absolute Gasteiger partial charge is 0.378 e. The molecule has 0 saturated carbocycles. The summed E-state index contributed by atoms with van der Waals surface area (Å²) in [7, 11) is -1.53. The number of anilines is 4. The first kappa shape index (κ1) is 30.0. The van der Waals surface area contributed by atoms with E-state index in [1.54, 1.807) is 24.1 Å². The molecule has 0 aliphatic carbocycles. The van der Waals surface area contributed by atoms with Crippen LogP contribution in [0.25, 0.3) is 10.8 Å². The van der Waals surface area contributed by atoms with Crippen molar-refractivity contribution in [3.05, 3.63) is 42.2 Å². The summed E-state index contributed by atoms with van der Waals surface area (Å²) in [6, 6.07) is 7.67. The van der Waals surface area contributed by atoms with Crippen LogP contribution in [-0.4, -0.2) is 98.3 Å². The molecule has 0 radical (unpaired) electrons. The number of hydrogen-bond donors (Lipinski definition) is 1. The predicted molar refractivity (Wildman–Crippen MR) is 168 cm³/mol. The van der Waals surface area contributed by atoms with Gasteiger partial charge in [0.05, 0.1) is 24.4 Å². The van der Waals surface area contributed by atoms with Gasteiger partial charge in [-0.05, 0) is 54.8 Å². The summed E-state index contributed by atoms with van der Waals surface area (Å²) in [6.07, 6.45) is 4.53. The minimum atomic E-state index is -3.05. The van der Waals surface area contributed by atoms with Gasteiger partial charge in [-0.15, -0.1) is 0 Å². The number of carbonyl (C=O) groups is 1. The SMILES string of the molecule is CC#CC(=O)N1CC[C@@H]1c1ccc(N2CC(CS(C)(=O)=O)C2)c2cnc(Nc3ccnc(N4CC[C@@H](OC)[C@@H](F)C4)n3)cc12. The number of nitrogens with one attached hydrogen (secondary N) is 1. The van der Waals surface area contributed by atoms with Crippen LogP contribution < -0.4 is 15.1 Å². The molecule has 0 spiro atoms. The van der Waals surface area contributed by atoms with Crippen molar-refractivity contribution in [2.75, 3.05) is 67.0 Å². The molecular weight excluding hydrogens is 585 g/mol. The number of aromatic nitrogens is 3. The topological polar surface area (TPSA) is 121 Å². The molecule has 0 unspecified atom stereocenters. The van der Waals surface area contributed by atoms with Gasteiger partial charge in [0.1, 0.15) is 27.6 Å². The second-order valence-electron chi connectivity index (χ2n) is 11.7. The minimum absolute atomic E-state index is 0.0842. The molecule has 3 aliphatic heterocycles. The molecular formula is C31H36FN7O4S. The number of ether oxygens (including phenoxy) is 1. The summed E-state index contributed by atoms with van der Waals surface area (Å²) in [5, 5.41) is 5.14. The first-order chi connectivity index (χ1) is 21.1. The second kappa shape index (κ2) is 12.2. The standard InChI is InChI=1S/C31H36FN7O4S/c1-4-5-30(40)39-13-9-26(39)21-6-7-25(38-16-20(17-38)19-44(3,41)42)23-15-34-29(14-22(21)23)35-28-8-11-33-31(36-28)37-12-10-27(43-2)24(32)18-37/h6-8,11,14-15,20,24,26-27H,9-10,12-13,16-19H2,1-3H3,(H,33,34,35,36)/t24-,26+,27+/m0/s1. The Morgan fingerprint density at radius 3 is 2.59 bits per heavy atom. The lowest BCUT2D eigenvalue weighted by molar-refractivity contribution is -0.132. The molecule has 3 aliphatic rings. The summed E-state index contributed by atoms with van der Waals surface area (Å²) >= 11 is 0. The first-order valence-corrected chi connectivity index (χ1v) is 16.8. The maximum Gasteiger partial charge on any atom is 0.298 e. The molecule has 6 rings (SSSR count). The van der Waals surface area contributed by atoms with Crippen molar-refractivity contribution in [3.8, 4) is 11.8 Å². The normalized spacial score (nSPS) is 22.2. The summed E-state index contributed by atoms with van der Waals surface area (Å²) in [5.74, 6) is 6.93. The van der Waals surface area contributed by atoms with Crippen molar-refractivity contribution >= 4 is 49.8 Å². The van der Waals surface area contributed by atoms with Crippen molar-refractivity contribution in [3.63, 3.8) is 0 Å². The molecule has 3 fully saturated rings. The summed E-state index contributed by atoms with van der Waals surface area (Å²) in [5.41, 5.74) is 1.97. The number of piperidine rings is 1. The molecule has 3 saturated heterocycles. The van der Waals surface area contributed by atoms with E-state index in [4.69, 9.17) is 9.72 Å². The van der Waals surface area contributed by atoms with Gasteiger partial charge in [0.25, 0.3) is 5.91 Å². The van der Waals surface area contributed by atoms with Crippen LogP contribution in [0.2, 0.25) is 0 Å². The summed E-state index contributed by atoms with van der Waals surface area (Å²) in [6.45, 7) is 4.33. The van der Waals surface area contributed by atoms with E-state index in [9.17, 15) is 17.6 Å².